The Balaban J connectivity index is 2.29. The Hall–Kier alpha value is -2.09. The molecule has 1 aromatic heterocycles. The van der Waals surface area contributed by atoms with E-state index in [-0.39, 0.29) is 10.6 Å². The summed E-state index contributed by atoms with van der Waals surface area (Å²) in [6.07, 6.45) is 2.44. The van der Waals surface area contributed by atoms with Crippen LogP contribution in [0.15, 0.2) is 41.8 Å². The fourth-order valence-corrected chi connectivity index (χ4v) is 2.04. The highest BCUT2D eigenvalue weighted by Crippen LogP contribution is 2.14. The molecule has 84 valence electrons. The first-order chi connectivity index (χ1) is 7.58. The third-order valence-corrected chi connectivity index (χ3v) is 3.14. The Morgan fingerprint density at radius 3 is 2.25 bits per heavy atom. The minimum absolute atomic E-state index is 0.00301. The lowest BCUT2D eigenvalue weighted by atomic mass is 10.3. The van der Waals surface area contributed by atoms with Crippen LogP contribution in [0.1, 0.15) is 0 Å². The van der Waals surface area contributed by atoms with Crippen LogP contribution in [0.3, 0.4) is 0 Å². The number of rotatable bonds is 3. The molecule has 0 amide bonds. The second kappa shape index (κ2) is 3.81. The second-order valence-electron chi connectivity index (χ2n) is 2.96. The van der Waals surface area contributed by atoms with Gasteiger partial charge in [0.2, 0.25) is 0 Å². The number of hydrogen-bond donors (Lipinski definition) is 2. The van der Waals surface area contributed by atoms with Gasteiger partial charge in [0.25, 0.3) is 10.0 Å². The molecule has 2 N–H and O–H groups in total. The van der Waals surface area contributed by atoms with E-state index >= 15 is 0 Å². The third-order valence-electron chi connectivity index (χ3n) is 1.79. The van der Waals surface area contributed by atoms with Crippen molar-refractivity contribution < 1.29 is 13.5 Å². The Morgan fingerprint density at radius 2 is 1.69 bits per heavy atom. The molecule has 1 aromatic carbocycles. The summed E-state index contributed by atoms with van der Waals surface area (Å²) >= 11 is 0. The van der Waals surface area contributed by atoms with Crippen molar-refractivity contribution in [1.82, 2.24) is 14.9 Å². The number of phenolic OH excluding ortho intramolecular Hbond substituents is 1. The molecule has 0 aliphatic rings. The van der Waals surface area contributed by atoms with Gasteiger partial charge in [0.15, 0.2) is 0 Å². The van der Waals surface area contributed by atoms with Gasteiger partial charge in [-0.2, -0.15) is 8.42 Å². The zero-order chi connectivity index (χ0) is 11.6. The lowest BCUT2D eigenvalue weighted by molar-refractivity contribution is 0.475. The fraction of sp³-hybridized carbons (Fsp3) is 0. The molecule has 1 heterocycles. The summed E-state index contributed by atoms with van der Waals surface area (Å²) in [5, 5.41) is 16.0. The normalized spacial score (nSPS) is 11.2. The summed E-state index contributed by atoms with van der Waals surface area (Å²) in [5.41, 5.74) is 0. The van der Waals surface area contributed by atoms with Crippen LogP contribution >= 0.6 is 0 Å². The van der Waals surface area contributed by atoms with E-state index in [1.54, 1.807) is 0 Å². The minimum atomic E-state index is -3.68. The summed E-state index contributed by atoms with van der Waals surface area (Å²) in [5.74, 6) is 0.00301. The quantitative estimate of drug-likeness (QED) is 0.781. The van der Waals surface area contributed by atoms with Gasteiger partial charge in [0.05, 0.1) is 4.90 Å². The van der Waals surface area contributed by atoms with E-state index in [4.69, 9.17) is 5.11 Å². The smallest absolute Gasteiger partial charge is 0.275 e. The largest absolute Gasteiger partial charge is 0.508 e. The van der Waals surface area contributed by atoms with Crippen LogP contribution in [-0.2, 0) is 10.0 Å². The zero-order valence-corrected chi connectivity index (χ0v) is 8.79. The Labute approximate surface area is 91.4 Å². The molecule has 0 spiro atoms. The van der Waals surface area contributed by atoms with Crippen molar-refractivity contribution >= 4 is 10.0 Å². The molecule has 0 unspecified atom stereocenters. The number of aromatic nitrogens is 3. The van der Waals surface area contributed by atoms with Crippen molar-refractivity contribution in [1.29, 1.82) is 0 Å². The van der Waals surface area contributed by atoms with Gasteiger partial charge in [0.1, 0.15) is 18.4 Å². The van der Waals surface area contributed by atoms with E-state index < -0.39 is 10.0 Å². The Bertz CT molecular complexity index is 562. The molecule has 0 saturated heterocycles. The van der Waals surface area contributed by atoms with Crippen LogP contribution in [0.5, 0.6) is 5.75 Å². The first kappa shape index (κ1) is 10.4. The van der Waals surface area contributed by atoms with Crippen LogP contribution in [0.25, 0.3) is 0 Å². The maximum absolute atomic E-state index is 11.7. The molecular weight excluding hydrogens is 232 g/mol. The molecule has 0 atom stereocenters. The molecule has 2 rings (SSSR count). The van der Waals surface area contributed by atoms with Crippen molar-refractivity contribution in [3.05, 3.63) is 36.9 Å². The van der Waals surface area contributed by atoms with E-state index in [0.717, 1.165) is 4.68 Å². The van der Waals surface area contributed by atoms with Crippen LogP contribution in [0.4, 0.5) is 0 Å². The van der Waals surface area contributed by atoms with Crippen molar-refractivity contribution in [2.45, 2.75) is 4.90 Å². The first-order valence-electron chi connectivity index (χ1n) is 4.24. The van der Waals surface area contributed by atoms with Crippen LogP contribution in [0, 0.1) is 0 Å². The lowest BCUT2D eigenvalue weighted by Crippen LogP contribution is -2.21. The van der Waals surface area contributed by atoms with Gasteiger partial charge in [0, 0.05) is 0 Å². The minimum Gasteiger partial charge on any atom is -0.508 e. The molecule has 0 bridgehead atoms. The number of benzene rings is 1. The van der Waals surface area contributed by atoms with Crippen molar-refractivity contribution in [3.63, 3.8) is 0 Å². The molecule has 2 aromatic rings. The maximum atomic E-state index is 11.7. The molecule has 0 saturated carbocycles. The molecule has 16 heavy (non-hydrogen) atoms. The van der Waals surface area contributed by atoms with Gasteiger partial charge >= 0.3 is 0 Å². The van der Waals surface area contributed by atoms with Gasteiger partial charge in [-0.3, -0.25) is 0 Å². The van der Waals surface area contributed by atoms with E-state index in [1.807, 2.05) is 0 Å². The third kappa shape index (κ3) is 2.11. The van der Waals surface area contributed by atoms with Gasteiger partial charge in [-0.05, 0) is 24.3 Å². The van der Waals surface area contributed by atoms with Gasteiger partial charge in [-0.15, -0.1) is 10.2 Å². The number of aromatic hydroxyl groups is 1. The van der Waals surface area contributed by atoms with Crippen molar-refractivity contribution in [3.8, 4) is 5.75 Å². The summed E-state index contributed by atoms with van der Waals surface area (Å²) < 4.78 is 24.6. The highest BCUT2D eigenvalue weighted by Gasteiger charge is 2.13. The number of sulfonamides is 1. The monoisotopic (exact) mass is 240 g/mol. The average molecular weight is 240 g/mol. The molecule has 0 fully saturated rings. The summed E-state index contributed by atoms with van der Waals surface area (Å²) in [7, 11) is -3.68. The topological polar surface area (TPSA) is 97.1 Å². The number of nitrogens with one attached hydrogen (secondary N) is 1. The Morgan fingerprint density at radius 1 is 1.12 bits per heavy atom. The number of hydrogen-bond acceptors (Lipinski definition) is 5. The molecule has 0 radical (unpaired) electrons. The van der Waals surface area contributed by atoms with Crippen LogP contribution in [0.2, 0.25) is 0 Å². The van der Waals surface area contributed by atoms with Crippen LogP contribution < -0.4 is 4.83 Å². The lowest BCUT2D eigenvalue weighted by Gasteiger charge is -2.07. The van der Waals surface area contributed by atoms with E-state index in [1.165, 1.54) is 36.9 Å². The van der Waals surface area contributed by atoms with Gasteiger partial charge < -0.3 is 5.11 Å². The summed E-state index contributed by atoms with van der Waals surface area (Å²) in [6.45, 7) is 0. The predicted molar refractivity (Wildman–Crippen MR) is 54.7 cm³/mol. The van der Waals surface area contributed by atoms with E-state index in [2.05, 4.69) is 15.0 Å². The predicted octanol–water partition coefficient (Wildman–Crippen LogP) is -0.0839. The molecule has 7 nitrogen and oxygen atoms in total. The number of nitrogens with zero attached hydrogens (tertiary/aromatic N) is 3. The van der Waals surface area contributed by atoms with E-state index in [9.17, 15) is 8.42 Å². The van der Waals surface area contributed by atoms with E-state index in [0.29, 0.717) is 0 Å². The highest BCUT2D eigenvalue weighted by atomic mass is 32.2. The maximum Gasteiger partial charge on any atom is 0.275 e. The van der Waals surface area contributed by atoms with Crippen molar-refractivity contribution in [2.24, 2.45) is 0 Å². The summed E-state index contributed by atoms with van der Waals surface area (Å²) in [6, 6.07) is 5.17. The standard InChI is InChI=1S/C8H8N4O3S/c13-7-1-3-8(4-2-7)16(14,15)11-12-5-9-10-6-12/h1-6,11,13H. The highest BCUT2D eigenvalue weighted by molar-refractivity contribution is 7.92. The molecule has 0 aliphatic heterocycles. The van der Waals surface area contributed by atoms with Crippen molar-refractivity contribution in [2.75, 3.05) is 4.83 Å². The second-order valence-corrected chi connectivity index (χ2v) is 4.62. The Kier molecular flexibility index (Phi) is 2.49. The average Bonchev–Trinajstić information content (AvgIpc) is 2.70. The first-order valence-corrected chi connectivity index (χ1v) is 5.73. The molecule has 8 heteroatoms. The van der Waals surface area contributed by atoms with Gasteiger partial charge in [-0.1, -0.05) is 0 Å². The van der Waals surface area contributed by atoms with Crippen LogP contribution in [-0.4, -0.2) is 28.4 Å². The summed E-state index contributed by atoms with van der Waals surface area (Å²) in [4.78, 5) is 2.26. The number of phenols is 1. The zero-order valence-electron chi connectivity index (χ0n) is 7.98. The SMILES string of the molecule is O=S(=O)(Nn1cnnc1)c1ccc(O)cc1. The molecular formula is C8H8N4O3S. The fourth-order valence-electron chi connectivity index (χ4n) is 1.06. The van der Waals surface area contributed by atoms with Gasteiger partial charge in [-0.25, -0.2) is 9.51 Å². The molecule has 0 aliphatic carbocycles.